The highest BCUT2D eigenvalue weighted by molar-refractivity contribution is 6.62. The first-order valence-electron chi connectivity index (χ1n) is 8.66. The quantitative estimate of drug-likeness (QED) is 0.621. The number of hydrogen-bond acceptors (Lipinski definition) is 5. The van der Waals surface area contributed by atoms with Crippen LogP contribution in [0.1, 0.15) is 45.0 Å². The molecule has 0 atom stereocenters. The van der Waals surface area contributed by atoms with Gasteiger partial charge >= 0.3 is 7.12 Å². The maximum atomic E-state index is 12.1. The van der Waals surface area contributed by atoms with Crippen LogP contribution in [0.4, 0.5) is 0 Å². The first-order valence-corrected chi connectivity index (χ1v) is 8.66. The molecule has 1 aliphatic rings. The van der Waals surface area contributed by atoms with Gasteiger partial charge in [0.1, 0.15) is 11.5 Å². The molecule has 6 heteroatoms. The molecule has 1 saturated heterocycles. The highest BCUT2D eigenvalue weighted by atomic mass is 16.7. The van der Waals surface area contributed by atoms with Crippen LogP contribution in [0.3, 0.4) is 0 Å². The fourth-order valence-corrected chi connectivity index (χ4v) is 3.16. The molecule has 0 N–H and O–H groups in total. The SMILES string of the molecule is COc1cc(C(C)=O)c(OC)c2cc(B3OC(C)(C)C(C)(C)O3)ccc12. The van der Waals surface area contributed by atoms with Crippen LogP contribution in [0.2, 0.25) is 0 Å². The van der Waals surface area contributed by atoms with Crippen molar-refractivity contribution in [1.82, 2.24) is 0 Å². The second kappa shape index (κ2) is 6.29. The molecule has 26 heavy (non-hydrogen) atoms. The molecule has 0 spiro atoms. The van der Waals surface area contributed by atoms with Crippen molar-refractivity contribution < 1.29 is 23.6 Å². The first-order chi connectivity index (χ1) is 12.1. The second-order valence-electron chi connectivity index (χ2n) is 7.61. The number of Topliss-reactive ketones (excluding diaryl/α,β-unsaturated/α-hetero) is 1. The minimum atomic E-state index is -0.485. The van der Waals surface area contributed by atoms with E-state index in [0.717, 1.165) is 16.2 Å². The standard InChI is InChI=1S/C20H25BO5/c1-12(22)15-11-17(23-6)14-9-8-13(10-16(14)18(15)24-7)21-25-19(2,3)20(4,5)26-21/h8-11H,1-7H3. The molecular weight excluding hydrogens is 331 g/mol. The number of ether oxygens (including phenoxy) is 2. The summed E-state index contributed by atoms with van der Waals surface area (Å²) in [6.07, 6.45) is 0. The Morgan fingerprint density at radius 3 is 2.08 bits per heavy atom. The fraction of sp³-hybridized carbons (Fsp3) is 0.450. The molecule has 0 bridgehead atoms. The summed E-state index contributed by atoms with van der Waals surface area (Å²) in [5, 5.41) is 1.67. The van der Waals surface area contributed by atoms with Gasteiger partial charge < -0.3 is 18.8 Å². The van der Waals surface area contributed by atoms with E-state index in [0.29, 0.717) is 17.1 Å². The average Bonchev–Trinajstić information content (AvgIpc) is 2.80. The lowest BCUT2D eigenvalue weighted by molar-refractivity contribution is 0.00578. The summed E-state index contributed by atoms with van der Waals surface area (Å²) in [5.41, 5.74) is 0.519. The summed E-state index contributed by atoms with van der Waals surface area (Å²) in [6.45, 7) is 9.59. The maximum absolute atomic E-state index is 12.1. The van der Waals surface area contributed by atoms with Gasteiger partial charge in [-0.2, -0.15) is 0 Å². The Hall–Kier alpha value is -2.05. The van der Waals surface area contributed by atoms with Crippen molar-refractivity contribution in [2.45, 2.75) is 45.8 Å². The molecule has 1 aliphatic heterocycles. The largest absolute Gasteiger partial charge is 0.496 e. The van der Waals surface area contributed by atoms with Crippen molar-refractivity contribution in [2.24, 2.45) is 0 Å². The molecule has 2 aromatic carbocycles. The van der Waals surface area contributed by atoms with Gasteiger partial charge in [-0.3, -0.25) is 4.79 Å². The summed E-state index contributed by atoms with van der Waals surface area (Å²) in [4.78, 5) is 12.1. The molecule has 0 radical (unpaired) electrons. The lowest BCUT2D eigenvalue weighted by atomic mass is 9.78. The van der Waals surface area contributed by atoms with Gasteiger partial charge in [-0.1, -0.05) is 18.2 Å². The summed E-state index contributed by atoms with van der Waals surface area (Å²) >= 11 is 0. The van der Waals surface area contributed by atoms with Crippen molar-refractivity contribution in [3.63, 3.8) is 0 Å². The summed E-state index contributed by atoms with van der Waals surface area (Å²) in [6, 6.07) is 7.57. The smallest absolute Gasteiger partial charge is 0.494 e. The first kappa shape index (κ1) is 18.7. The molecule has 1 fully saturated rings. The number of carbonyl (C=O) groups excluding carboxylic acids is 1. The van der Waals surface area contributed by atoms with Gasteiger partial charge in [0.05, 0.1) is 31.0 Å². The Kier molecular flexibility index (Phi) is 4.53. The molecule has 5 nitrogen and oxygen atoms in total. The summed E-state index contributed by atoms with van der Waals surface area (Å²) < 4.78 is 23.3. The Bertz CT molecular complexity index is 856. The van der Waals surface area contributed by atoms with Crippen molar-refractivity contribution in [3.8, 4) is 11.5 Å². The molecule has 0 aliphatic carbocycles. The van der Waals surface area contributed by atoms with E-state index >= 15 is 0 Å². The van der Waals surface area contributed by atoms with Crippen LogP contribution in [0, 0.1) is 0 Å². The van der Waals surface area contributed by atoms with E-state index in [1.807, 2.05) is 45.9 Å². The Balaban J connectivity index is 2.18. The lowest BCUT2D eigenvalue weighted by Crippen LogP contribution is -2.41. The number of benzene rings is 2. The average molecular weight is 356 g/mol. The number of carbonyl (C=O) groups is 1. The third kappa shape index (κ3) is 2.87. The monoisotopic (exact) mass is 356 g/mol. The molecule has 1 heterocycles. The van der Waals surface area contributed by atoms with E-state index < -0.39 is 18.3 Å². The number of rotatable bonds is 4. The minimum Gasteiger partial charge on any atom is -0.496 e. The number of hydrogen-bond donors (Lipinski definition) is 0. The minimum absolute atomic E-state index is 0.0805. The third-order valence-corrected chi connectivity index (χ3v) is 5.40. The van der Waals surface area contributed by atoms with E-state index in [4.69, 9.17) is 18.8 Å². The number of fused-ring (bicyclic) bond motifs is 1. The molecule has 3 rings (SSSR count). The Labute approximate surface area is 154 Å². The highest BCUT2D eigenvalue weighted by Crippen LogP contribution is 2.39. The van der Waals surface area contributed by atoms with Crippen LogP contribution in [-0.2, 0) is 9.31 Å². The van der Waals surface area contributed by atoms with Crippen molar-refractivity contribution >= 4 is 29.1 Å². The van der Waals surface area contributed by atoms with Crippen LogP contribution in [0.15, 0.2) is 24.3 Å². The van der Waals surface area contributed by atoms with E-state index in [2.05, 4.69) is 0 Å². The molecule has 0 amide bonds. The normalized spacial score (nSPS) is 18.2. The zero-order chi connectivity index (χ0) is 19.3. The van der Waals surface area contributed by atoms with Gasteiger partial charge in [-0.15, -0.1) is 0 Å². The van der Waals surface area contributed by atoms with Gasteiger partial charge in [0, 0.05) is 10.8 Å². The van der Waals surface area contributed by atoms with E-state index in [1.54, 1.807) is 20.3 Å². The van der Waals surface area contributed by atoms with Gasteiger partial charge in [0.25, 0.3) is 0 Å². The van der Waals surface area contributed by atoms with Gasteiger partial charge in [-0.05, 0) is 46.1 Å². The molecule has 138 valence electrons. The van der Waals surface area contributed by atoms with Crippen LogP contribution in [-0.4, -0.2) is 38.3 Å². The zero-order valence-corrected chi connectivity index (χ0v) is 16.4. The topological polar surface area (TPSA) is 54.0 Å². The predicted octanol–water partition coefficient (Wildman–Crippen LogP) is 3.36. The molecule has 0 aromatic heterocycles. The van der Waals surface area contributed by atoms with Gasteiger partial charge in [0.15, 0.2) is 5.78 Å². The second-order valence-corrected chi connectivity index (χ2v) is 7.61. The molecule has 0 unspecified atom stereocenters. The third-order valence-electron chi connectivity index (χ3n) is 5.40. The number of ketones is 1. The number of methoxy groups -OCH3 is 2. The van der Waals surface area contributed by atoms with Crippen molar-refractivity contribution in [2.75, 3.05) is 14.2 Å². The van der Waals surface area contributed by atoms with Gasteiger partial charge in [-0.25, -0.2) is 0 Å². The van der Waals surface area contributed by atoms with Crippen LogP contribution < -0.4 is 14.9 Å². The van der Waals surface area contributed by atoms with E-state index in [1.165, 1.54) is 6.92 Å². The Morgan fingerprint density at radius 2 is 1.58 bits per heavy atom. The molecule has 2 aromatic rings. The fourth-order valence-electron chi connectivity index (χ4n) is 3.16. The lowest BCUT2D eigenvalue weighted by Gasteiger charge is -2.32. The highest BCUT2D eigenvalue weighted by Gasteiger charge is 2.51. The predicted molar refractivity (Wildman–Crippen MR) is 103 cm³/mol. The van der Waals surface area contributed by atoms with Gasteiger partial charge in [0.2, 0.25) is 0 Å². The molecular formula is C20H25BO5. The van der Waals surface area contributed by atoms with Crippen molar-refractivity contribution in [1.29, 1.82) is 0 Å². The van der Waals surface area contributed by atoms with E-state index in [9.17, 15) is 4.79 Å². The van der Waals surface area contributed by atoms with Crippen molar-refractivity contribution in [3.05, 3.63) is 29.8 Å². The van der Waals surface area contributed by atoms with Crippen LogP contribution in [0.25, 0.3) is 10.8 Å². The summed E-state index contributed by atoms with van der Waals surface area (Å²) in [7, 11) is 2.67. The zero-order valence-electron chi connectivity index (χ0n) is 16.4. The van der Waals surface area contributed by atoms with E-state index in [-0.39, 0.29) is 5.78 Å². The van der Waals surface area contributed by atoms with Crippen LogP contribution in [0.5, 0.6) is 11.5 Å². The van der Waals surface area contributed by atoms with Crippen LogP contribution >= 0.6 is 0 Å². The Morgan fingerprint density at radius 1 is 0.962 bits per heavy atom. The summed E-state index contributed by atoms with van der Waals surface area (Å²) in [5.74, 6) is 1.08. The molecule has 0 saturated carbocycles. The maximum Gasteiger partial charge on any atom is 0.494 e.